The van der Waals surface area contributed by atoms with E-state index in [0.29, 0.717) is 16.3 Å². The van der Waals surface area contributed by atoms with Crippen molar-refractivity contribution in [3.8, 4) is 10.6 Å². The number of carbonyl (C=O) groups is 2. The fourth-order valence-electron chi connectivity index (χ4n) is 3.04. The number of aryl methyl sites for hydroxylation is 1. The number of hydrogen-bond donors (Lipinski definition) is 1. The van der Waals surface area contributed by atoms with Crippen LogP contribution in [0, 0.1) is 12.8 Å². The van der Waals surface area contributed by atoms with Gasteiger partial charge in [0.1, 0.15) is 16.3 Å². The van der Waals surface area contributed by atoms with Gasteiger partial charge in [-0.05, 0) is 31.9 Å². The van der Waals surface area contributed by atoms with Crippen molar-refractivity contribution >= 4 is 39.3 Å². The Balaban J connectivity index is 2.14. The molecule has 7 heteroatoms. The molecule has 0 saturated carbocycles. The predicted octanol–water partition coefficient (Wildman–Crippen LogP) is 5.03. The van der Waals surface area contributed by atoms with Crippen LogP contribution in [0.2, 0.25) is 0 Å². The van der Waals surface area contributed by atoms with Crippen molar-refractivity contribution in [2.75, 3.05) is 12.4 Å². The summed E-state index contributed by atoms with van der Waals surface area (Å²) in [7, 11) is 1.32. The van der Waals surface area contributed by atoms with Crippen LogP contribution in [0.4, 0.5) is 5.88 Å². The van der Waals surface area contributed by atoms with Gasteiger partial charge < -0.3 is 9.15 Å². The maximum Gasteiger partial charge on any atom is 0.342 e. The van der Waals surface area contributed by atoms with Crippen LogP contribution >= 0.6 is 11.3 Å². The molecule has 0 unspecified atom stereocenters. The Morgan fingerprint density at radius 2 is 1.96 bits per heavy atom. The number of nitrogens with zero attached hydrogens (tertiary/aromatic N) is 1. The maximum absolute atomic E-state index is 12.6. The van der Waals surface area contributed by atoms with Crippen molar-refractivity contribution in [2.24, 2.45) is 5.92 Å². The molecule has 2 heterocycles. The molecule has 27 heavy (non-hydrogen) atoms. The fourth-order valence-corrected chi connectivity index (χ4v) is 4.05. The lowest BCUT2D eigenvalue weighted by Gasteiger charge is -2.11. The van der Waals surface area contributed by atoms with Gasteiger partial charge in [0, 0.05) is 5.92 Å². The minimum atomic E-state index is -0.520. The summed E-state index contributed by atoms with van der Waals surface area (Å²) in [6.45, 7) is 5.61. The molecule has 142 valence electrons. The minimum Gasteiger partial charge on any atom is -0.465 e. The number of benzene rings is 1. The van der Waals surface area contributed by atoms with Crippen molar-refractivity contribution in [1.29, 1.82) is 0 Å². The maximum atomic E-state index is 12.6. The van der Waals surface area contributed by atoms with E-state index in [9.17, 15) is 9.59 Å². The number of anilines is 1. The molecule has 0 radical (unpaired) electrons. The second-order valence-corrected chi connectivity index (χ2v) is 7.25. The van der Waals surface area contributed by atoms with Gasteiger partial charge in [0.25, 0.3) is 0 Å². The zero-order valence-electron chi connectivity index (χ0n) is 15.8. The molecule has 0 aliphatic heterocycles. The van der Waals surface area contributed by atoms with Crippen LogP contribution in [0.25, 0.3) is 20.8 Å². The fraction of sp³-hybridized carbons (Fsp3) is 0.350. The first-order chi connectivity index (χ1) is 13.0. The molecule has 0 bridgehead atoms. The number of hydrogen-bond acceptors (Lipinski definition) is 6. The summed E-state index contributed by atoms with van der Waals surface area (Å²) >= 11 is 1.44. The highest BCUT2D eigenvalue weighted by molar-refractivity contribution is 7.21. The average Bonchev–Trinajstić information content (AvgIpc) is 3.22. The Kier molecular flexibility index (Phi) is 5.60. The van der Waals surface area contributed by atoms with E-state index in [2.05, 4.69) is 10.3 Å². The van der Waals surface area contributed by atoms with Crippen molar-refractivity contribution in [1.82, 2.24) is 4.98 Å². The van der Waals surface area contributed by atoms with Gasteiger partial charge in [-0.1, -0.05) is 26.0 Å². The molecule has 0 aliphatic carbocycles. The molecule has 0 spiro atoms. The highest BCUT2D eigenvalue weighted by atomic mass is 32.1. The largest absolute Gasteiger partial charge is 0.465 e. The van der Waals surface area contributed by atoms with Crippen LogP contribution < -0.4 is 5.32 Å². The van der Waals surface area contributed by atoms with Crippen LogP contribution in [0.1, 0.15) is 42.8 Å². The third kappa shape index (κ3) is 3.60. The standard InChI is InChI=1S/C20H22N2O4S/c1-5-12(6-2)17(23)22-18-16(15(11(3)26-18)20(24)25-4)19-21-13-9-7-8-10-14(13)27-19/h7-10,12H,5-6H2,1-4H3,(H,22,23). The number of methoxy groups -OCH3 is 1. The van der Waals surface area contributed by atoms with E-state index in [4.69, 9.17) is 9.15 Å². The van der Waals surface area contributed by atoms with Crippen LogP contribution in [-0.4, -0.2) is 24.0 Å². The third-order valence-corrected chi connectivity index (χ3v) is 5.63. The number of fused-ring (bicyclic) bond motifs is 1. The van der Waals surface area contributed by atoms with Crippen LogP contribution in [0.3, 0.4) is 0 Å². The Bertz CT molecular complexity index is 952. The quantitative estimate of drug-likeness (QED) is 0.601. The zero-order valence-corrected chi connectivity index (χ0v) is 16.6. The molecule has 3 rings (SSSR count). The van der Waals surface area contributed by atoms with Gasteiger partial charge in [-0.3, -0.25) is 10.1 Å². The Hall–Kier alpha value is -2.67. The van der Waals surface area contributed by atoms with Gasteiger partial charge >= 0.3 is 5.97 Å². The van der Waals surface area contributed by atoms with Crippen LogP contribution in [-0.2, 0) is 9.53 Å². The molecule has 1 N–H and O–H groups in total. The van der Waals surface area contributed by atoms with Crippen molar-refractivity contribution in [2.45, 2.75) is 33.6 Å². The molecule has 1 amide bonds. The number of nitrogens with one attached hydrogen (secondary N) is 1. The SMILES string of the molecule is CCC(CC)C(=O)Nc1oc(C)c(C(=O)OC)c1-c1nc2ccccc2s1. The van der Waals surface area contributed by atoms with Crippen molar-refractivity contribution < 1.29 is 18.7 Å². The molecule has 0 saturated heterocycles. The van der Waals surface area contributed by atoms with Gasteiger partial charge in [-0.15, -0.1) is 11.3 Å². The van der Waals surface area contributed by atoms with E-state index in [-0.39, 0.29) is 23.3 Å². The van der Waals surface area contributed by atoms with Gasteiger partial charge in [0.15, 0.2) is 0 Å². The molecule has 0 atom stereocenters. The summed E-state index contributed by atoms with van der Waals surface area (Å²) in [5.41, 5.74) is 1.58. The molecule has 2 aromatic heterocycles. The molecule has 1 aromatic carbocycles. The third-order valence-electron chi connectivity index (χ3n) is 4.57. The summed E-state index contributed by atoms with van der Waals surface area (Å²) in [5, 5.41) is 3.45. The number of furan rings is 1. The second-order valence-electron chi connectivity index (χ2n) is 6.22. The van der Waals surface area contributed by atoms with E-state index < -0.39 is 5.97 Å². The smallest absolute Gasteiger partial charge is 0.342 e. The number of thiazole rings is 1. The van der Waals surface area contributed by atoms with Gasteiger partial charge in [-0.2, -0.15) is 0 Å². The highest BCUT2D eigenvalue weighted by Gasteiger charge is 2.29. The van der Waals surface area contributed by atoms with Crippen LogP contribution in [0.5, 0.6) is 0 Å². The van der Waals surface area contributed by atoms with E-state index in [1.165, 1.54) is 18.4 Å². The van der Waals surface area contributed by atoms with Gasteiger partial charge in [0.05, 0.1) is 22.9 Å². The summed E-state index contributed by atoms with van der Waals surface area (Å²) in [4.78, 5) is 29.6. The summed E-state index contributed by atoms with van der Waals surface area (Å²) in [6, 6.07) is 7.71. The minimum absolute atomic E-state index is 0.125. The predicted molar refractivity (Wildman–Crippen MR) is 106 cm³/mol. The first-order valence-electron chi connectivity index (χ1n) is 8.88. The van der Waals surface area contributed by atoms with E-state index in [0.717, 1.165) is 23.1 Å². The van der Waals surface area contributed by atoms with Crippen LogP contribution in [0.15, 0.2) is 28.7 Å². The lowest BCUT2D eigenvalue weighted by atomic mass is 10.0. The van der Waals surface area contributed by atoms with E-state index in [1.807, 2.05) is 38.1 Å². The Morgan fingerprint density at radius 3 is 2.59 bits per heavy atom. The number of ether oxygens (including phenoxy) is 1. The van der Waals surface area contributed by atoms with Crippen molar-refractivity contribution in [3.63, 3.8) is 0 Å². The Morgan fingerprint density at radius 1 is 1.26 bits per heavy atom. The molecular formula is C20H22N2O4S. The highest BCUT2D eigenvalue weighted by Crippen LogP contribution is 2.40. The second kappa shape index (κ2) is 7.92. The summed E-state index contributed by atoms with van der Waals surface area (Å²) < 4.78 is 11.7. The van der Waals surface area contributed by atoms with Gasteiger partial charge in [-0.25, -0.2) is 9.78 Å². The van der Waals surface area contributed by atoms with E-state index >= 15 is 0 Å². The number of esters is 1. The molecule has 0 fully saturated rings. The van der Waals surface area contributed by atoms with Crippen molar-refractivity contribution in [3.05, 3.63) is 35.6 Å². The van der Waals surface area contributed by atoms with Gasteiger partial charge in [0.2, 0.25) is 11.8 Å². The molecular weight excluding hydrogens is 364 g/mol. The molecule has 3 aromatic rings. The summed E-state index contributed by atoms with van der Waals surface area (Å²) in [5.74, 6) is -0.152. The molecule has 0 aliphatic rings. The summed E-state index contributed by atoms with van der Waals surface area (Å²) in [6.07, 6.45) is 1.45. The number of amides is 1. The Labute approximate surface area is 161 Å². The lowest BCUT2D eigenvalue weighted by molar-refractivity contribution is -0.120. The first-order valence-corrected chi connectivity index (χ1v) is 9.70. The number of aromatic nitrogens is 1. The average molecular weight is 386 g/mol. The van der Waals surface area contributed by atoms with E-state index in [1.54, 1.807) is 6.92 Å². The zero-order chi connectivity index (χ0) is 19.6. The monoisotopic (exact) mass is 386 g/mol. The molecule has 6 nitrogen and oxygen atoms in total. The topological polar surface area (TPSA) is 81.4 Å². The normalized spacial score (nSPS) is 11.1. The number of rotatable bonds is 6. The number of carbonyl (C=O) groups excluding carboxylic acids is 2. The first kappa shape index (κ1) is 19.1. The lowest BCUT2D eigenvalue weighted by Crippen LogP contribution is -2.21. The number of para-hydroxylation sites is 1.